The maximum absolute atomic E-state index is 12.7. The molecular formula is C50H92O5. The van der Waals surface area contributed by atoms with E-state index in [1.165, 1.54) is 205 Å². The zero-order valence-electron chi connectivity index (χ0n) is 37.3. The van der Waals surface area contributed by atoms with E-state index in [0.29, 0.717) is 24.4 Å². The molecule has 0 aromatic carbocycles. The lowest BCUT2D eigenvalue weighted by Crippen LogP contribution is -2.12. The Bertz CT molecular complexity index is 920. The second-order valence-corrected chi connectivity index (χ2v) is 17.0. The lowest BCUT2D eigenvalue weighted by Gasteiger charge is -2.08. The van der Waals surface area contributed by atoms with Crippen molar-refractivity contribution in [3.63, 3.8) is 0 Å². The molecule has 0 amide bonds. The minimum Gasteiger partial charge on any atom is -0.459 e. The molecule has 5 nitrogen and oxygen atoms in total. The quantitative estimate of drug-likeness (QED) is 0.0489. The van der Waals surface area contributed by atoms with E-state index < -0.39 is 0 Å². The lowest BCUT2D eigenvalue weighted by atomic mass is 10.0. The highest BCUT2D eigenvalue weighted by Gasteiger charge is 2.23. The Hall–Kier alpha value is -1.78. The smallest absolute Gasteiger partial charge is 0.311 e. The Labute approximate surface area is 342 Å². The molecule has 1 aromatic heterocycles. The van der Waals surface area contributed by atoms with Gasteiger partial charge in [0.1, 0.15) is 11.5 Å². The Morgan fingerprint density at radius 2 is 0.509 bits per heavy atom. The number of carbonyl (C=O) groups is 2. The van der Waals surface area contributed by atoms with Crippen LogP contribution in [0.25, 0.3) is 0 Å². The molecule has 5 heteroatoms. The highest BCUT2D eigenvalue weighted by atomic mass is 16.6. The molecule has 0 spiro atoms. The average Bonchev–Trinajstić information content (AvgIpc) is 3.43. The van der Waals surface area contributed by atoms with Gasteiger partial charge in [0, 0.05) is 12.8 Å². The number of hydrogen-bond donors (Lipinski definition) is 0. The van der Waals surface area contributed by atoms with E-state index in [-0.39, 0.29) is 23.4 Å². The van der Waals surface area contributed by atoms with E-state index in [1.54, 1.807) is 13.8 Å². The summed E-state index contributed by atoms with van der Waals surface area (Å²) in [6.07, 6.45) is 51.2. The Morgan fingerprint density at radius 1 is 0.327 bits per heavy atom. The molecular weight excluding hydrogens is 681 g/mol. The van der Waals surface area contributed by atoms with Crippen LogP contribution < -0.4 is 9.47 Å². The molecule has 1 aromatic rings. The maximum atomic E-state index is 12.7. The predicted molar refractivity (Wildman–Crippen MR) is 235 cm³/mol. The van der Waals surface area contributed by atoms with Crippen molar-refractivity contribution in [1.29, 1.82) is 0 Å². The first-order valence-corrected chi connectivity index (χ1v) is 24.5. The van der Waals surface area contributed by atoms with Crippen molar-refractivity contribution >= 4 is 11.9 Å². The standard InChI is InChI=1S/C50H92O5/c1-5-7-9-11-13-15-17-19-21-23-25-27-29-31-33-35-37-39-41-43-47(51)54-49-45(3)53-46(4)50(49)55-48(52)44-42-40-38-36-34-32-30-28-26-24-22-20-18-16-14-12-10-8-6-2/h5-44H2,1-4H3. The van der Waals surface area contributed by atoms with Crippen LogP contribution in [0, 0.1) is 13.8 Å². The number of hydrogen-bond acceptors (Lipinski definition) is 5. The highest BCUT2D eigenvalue weighted by Crippen LogP contribution is 2.38. The third-order valence-corrected chi connectivity index (χ3v) is 11.6. The summed E-state index contributed by atoms with van der Waals surface area (Å²) in [6.45, 7) is 8.08. The summed E-state index contributed by atoms with van der Waals surface area (Å²) < 4.78 is 17.0. The summed E-state index contributed by atoms with van der Waals surface area (Å²) in [7, 11) is 0. The van der Waals surface area contributed by atoms with Crippen molar-refractivity contribution in [2.45, 2.75) is 285 Å². The molecule has 0 N–H and O–H groups in total. The fraction of sp³-hybridized carbons (Fsp3) is 0.880. The number of aryl methyl sites for hydroxylation is 2. The topological polar surface area (TPSA) is 65.7 Å². The van der Waals surface area contributed by atoms with E-state index in [9.17, 15) is 9.59 Å². The molecule has 0 radical (unpaired) electrons. The molecule has 55 heavy (non-hydrogen) atoms. The van der Waals surface area contributed by atoms with Crippen molar-refractivity contribution < 1.29 is 23.5 Å². The van der Waals surface area contributed by atoms with Crippen LogP contribution in [-0.4, -0.2) is 11.9 Å². The summed E-state index contributed by atoms with van der Waals surface area (Å²) in [4.78, 5) is 25.3. The number of unbranched alkanes of at least 4 members (excludes halogenated alkanes) is 36. The second-order valence-electron chi connectivity index (χ2n) is 17.0. The van der Waals surface area contributed by atoms with Crippen LogP contribution in [-0.2, 0) is 9.59 Å². The average molecular weight is 773 g/mol. The Balaban J connectivity index is 1.99. The van der Waals surface area contributed by atoms with Gasteiger partial charge in [0.2, 0.25) is 11.5 Å². The summed E-state index contributed by atoms with van der Waals surface area (Å²) in [5.74, 6) is 0.915. The van der Waals surface area contributed by atoms with Gasteiger partial charge < -0.3 is 13.9 Å². The molecule has 1 rings (SSSR count). The van der Waals surface area contributed by atoms with Gasteiger partial charge in [-0.1, -0.05) is 245 Å². The number of ether oxygens (including phenoxy) is 2. The maximum Gasteiger partial charge on any atom is 0.311 e. The summed E-state index contributed by atoms with van der Waals surface area (Å²) in [5.41, 5.74) is 0. The normalized spacial score (nSPS) is 11.4. The lowest BCUT2D eigenvalue weighted by molar-refractivity contribution is -0.137. The number of esters is 2. The number of furan rings is 1. The first kappa shape index (κ1) is 51.2. The van der Waals surface area contributed by atoms with E-state index in [0.717, 1.165) is 38.5 Å². The van der Waals surface area contributed by atoms with Gasteiger partial charge in [-0.2, -0.15) is 0 Å². The van der Waals surface area contributed by atoms with Crippen LogP contribution in [0.5, 0.6) is 11.5 Å². The Kier molecular flexibility index (Phi) is 36.4. The number of rotatable bonds is 42. The van der Waals surface area contributed by atoms with Crippen LogP contribution in [0.3, 0.4) is 0 Å². The molecule has 0 saturated heterocycles. The third-order valence-electron chi connectivity index (χ3n) is 11.6. The SMILES string of the molecule is CCCCCCCCCCCCCCCCCCCCCC(=O)Oc1c(C)oc(C)c1OC(=O)CCCCCCCCCCCCCCCCCCCCC. The van der Waals surface area contributed by atoms with Gasteiger partial charge >= 0.3 is 11.9 Å². The van der Waals surface area contributed by atoms with Crippen LogP contribution in [0.15, 0.2) is 4.42 Å². The molecule has 1 heterocycles. The molecule has 0 aliphatic rings. The van der Waals surface area contributed by atoms with Crippen LogP contribution in [0.2, 0.25) is 0 Å². The minimum absolute atomic E-state index is 0.266. The third kappa shape index (κ3) is 31.9. The van der Waals surface area contributed by atoms with Gasteiger partial charge in [0.05, 0.1) is 0 Å². The fourth-order valence-corrected chi connectivity index (χ4v) is 7.90. The van der Waals surface area contributed by atoms with Gasteiger partial charge in [-0.25, -0.2) is 0 Å². The van der Waals surface area contributed by atoms with Gasteiger partial charge in [-0.15, -0.1) is 0 Å². The van der Waals surface area contributed by atoms with Crippen LogP contribution in [0.1, 0.15) is 282 Å². The van der Waals surface area contributed by atoms with Crippen LogP contribution in [0.4, 0.5) is 0 Å². The van der Waals surface area contributed by atoms with Gasteiger partial charge in [-0.3, -0.25) is 9.59 Å². The van der Waals surface area contributed by atoms with Crippen molar-refractivity contribution in [3.05, 3.63) is 11.5 Å². The molecule has 322 valence electrons. The molecule has 0 aliphatic carbocycles. The van der Waals surface area contributed by atoms with E-state index in [4.69, 9.17) is 13.9 Å². The van der Waals surface area contributed by atoms with Gasteiger partial charge in [-0.05, 0) is 26.7 Å². The first-order valence-electron chi connectivity index (χ1n) is 24.5. The molecule has 0 atom stereocenters. The van der Waals surface area contributed by atoms with E-state index >= 15 is 0 Å². The van der Waals surface area contributed by atoms with Crippen molar-refractivity contribution in [2.75, 3.05) is 0 Å². The van der Waals surface area contributed by atoms with Crippen LogP contribution >= 0.6 is 0 Å². The van der Waals surface area contributed by atoms with E-state index in [2.05, 4.69) is 13.8 Å². The Morgan fingerprint density at radius 3 is 0.709 bits per heavy atom. The summed E-state index contributed by atoms with van der Waals surface area (Å²) >= 11 is 0. The second kappa shape index (κ2) is 39.1. The molecule has 0 fully saturated rings. The predicted octanol–water partition coefficient (Wildman–Crippen LogP) is 17.4. The summed E-state index contributed by atoms with van der Waals surface area (Å²) in [6, 6.07) is 0. The van der Waals surface area contributed by atoms with Gasteiger partial charge in [0.25, 0.3) is 0 Å². The largest absolute Gasteiger partial charge is 0.459 e. The molecule has 0 aliphatic heterocycles. The zero-order chi connectivity index (χ0) is 39.9. The number of carbonyl (C=O) groups excluding carboxylic acids is 2. The van der Waals surface area contributed by atoms with Crippen molar-refractivity contribution in [1.82, 2.24) is 0 Å². The monoisotopic (exact) mass is 773 g/mol. The molecule has 0 saturated carbocycles. The van der Waals surface area contributed by atoms with Crippen molar-refractivity contribution in [3.8, 4) is 11.5 Å². The molecule has 0 bridgehead atoms. The van der Waals surface area contributed by atoms with Crippen molar-refractivity contribution in [2.24, 2.45) is 0 Å². The first-order chi connectivity index (χ1) is 27.0. The minimum atomic E-state index is -0.285. The molecule has 0 unspecified atom stereocenters. The van der Waals surface area contributed by atoms with E-state index in [1.807, 2.05) is 0 Å². The summed E-state index contributed by atoms with van der Waals surface area (Å²) in [5, 5.41) is 0. The highest BCUT2D eigenvalue weighted by molar-refractivity contribution is 5.77. The fourth-order valence-electron chi connectivity index (χ4n) is 7.90. The van der Waals surface area contributed by atoms with Gasteiger partial charge in [0.15, 0.2) is 0 Å². The zero-order valence-corrected chi connectivity index (χ0v) is 37.3.